The Kier molecular flexibility index (Phi) is 4.35. The molecule has 0 radical (unpaired) electrons. The Morgan fingerprint density at radius 3 is 2.93 bits per heavy atom. The number of carbonyl (C=O) groups is 1. The molecule has 2 atom stereocenters. The third kappa shape index (κ3) is 3.27. The van der Waals surface area contributed by atoms with Crippen LogP contribution in [-0.2, 0) is 9.53 Å². The predicted molar refractivity (Wildman–Crippen MR) is 52.9 cm³/mol. The van der Waals surface area contributed by atoms with Gasteiger partial charge in [-0.05, 0) is 32.9 Å². The minimum atomic E-state index is -0.562. The maximum atomic E-state index is 10.9. The molecular formula is C10H19NO3. The van der Waals surface area contributed by atoms with Gasteiger partial charge in [0.1, 0.15) is 0 Å². The lowest BCUT2D eigenvalue weighted by Crippen LogP contribution is -2.30. The highest BCUT2D eigenvalue weighted by Gasteiger charge is 2.24. The van der Waals surface area contributed by atoms with Crippen LogP contribution in [-0.4, -0.2) is 48.8 Å². The van der Waals surface area contributed by atoms with Gasteiger partial charge in [-0.3, -0.25) is 4.79 Å². The van der Waals surface area contributed by atoms with Gasteiger partial charge >= 0.3 is 5.97 Å². The van der Waals surface area contributed by atoms with E-state index in [1.165, 1.54) is 13.5 Å². The van der Waals surface area contributed by atoms with Crippen LogP contribution in [0.4, 0.5) is 0 Å². The first-order valence-corrected chi connectivity index (χ1v) is 5.08. The van der Waals surface area contributed by atoms with E-state index < -0.39 is 6.10 Å². The first kappa shape index (κ1) is 11.5. The third-order valence-electron chi connectivity index (χ3n) is 2.85. The van der Waals surface area contributed by atoms with Crippen molar-refractivity contribution >= 4 is 5.97 Å². The van der Waals surface area contributed by atoms with Crippen LogP contribution in [0.3, 0.4) is 0 Å². The van der Waals surface area contributed by atoms with Gasteiger partial charge in [0.2, 0.25) is 0 Å². The number of carbonyl (C=O) groups excluding carboxylic acids is 1. The van der Waals surface area contributed by atoms with E-state index in [-0.39, 0.29) is 12.4 Å². The summed E-state index contributed by atoms with van der Waals surface area (Å²) >= 11 is 0. The van der Waals surface area contributed by atoms with Gasteiger partial charge in [-0.2, -0.15) is 0 Å². The van der Waals surface area contributed by atoms with E-state index in [1.807, 2.05) is 0 Å². The Bertz CT molecular complexity index is 196. The van der Waals surface area contributed by atoms with Crippen molar-refractivity contribution in [2.24, 2.45) is 0 Å². The molecule has 1 saturated heterocycles. The standard InChI is InChI=1S/C10H19NO3/c1-11-5-3-4-8(11)6-9(12)7-10(13)14-2/h8-9,12H,3-7H2,1-2H3/t8?,9-/m1/s1. The summed E-state index contributed by atoms with van der Waals surface area (Å²) in [6.45, 7) is 1.09. The van der Waals surface area contributed by atoms with Gasteiger partial charge in [0, 0.05) is 6.04 Å². The summed E-state index contributed by atoms with van der Waals surface area (Å²) in [5.41, 5.74) is 0. The highest BCUT2D eigenvalue weighted by Crippen LogP contribution is 2.20. The van der Waals surface area contributed by atoms with Crippen LogP contribution in [0.5, 0.6) is 0 Å². The zero-order chi connectivity index (χ0) is 10.6. The van der Waals surface area contributed by atoms with Crippen LogP contribution in [0.15, 0.2) is 0 Å². The SMILES string of the molecule is COC(=O)C[C@H](O)CC1CCCN1C. The van der Waals surface area contributed by atoms with E-state index in [9.17, 15) is 9.90 Å². The number of nitrogens with zero attached hydrogens (tertiary/aromatic N) is 1. The van der Waals surface area contributed by atoms with Gasteiger partial charge in [0.05, 0.1) is 19.6 Å². The van der Waals surface area contributed by atoms with Crippen molar-refractivity contribution in [3.63, 3.8) is 0 Å². The van der Waals surface area contributed by atoms with Gasteiger partial charge < -0.3 is 14.7 Å². The smallest absolute Gasteiger partial charge is 0.308 e. The van der Waals surface area contributed by atoms with Crippen LogP contribution in [0.25, 0.3) is 0 Å². The summed E-state index contributed by atoms with van der Waals surface area (Å²) in [7, 11) is 3.40. The van der Waals surface area contributed by atoms with Gasteiger partial charge in [0.25, 0.3) is 0 Å². The molecule has 1 rings (SSSR count). The van der Waals surface area contributed by atoms with Gasteiger partial charge in [-0.25, -0.2) is 0 Å². The molecule has 1 aliphatic rings. The molecule has 4 nitrogen and oxygen atoms in total. The highest BCUT2D eigenvalue weighted by molar-refractivity contribution is 5.69. The van der Waals surface area contributed by atoms with Gasteiger partial charge in [-0.1, -0.05) is 0 Å². The van der Waals surface area contributed by atoms with E-state index in [2.05, 4.69) is 16.7 Å². The molecule has 0 aromatic carbocycles. The number of esters is 1. The quantitative estimate of drug-likeness (QED) is 0.669. The largest absolute Gasteiger partial charge is 0.469 e. The summed E-state index contributed by atoms with van der Waals surface area (Å²) in [6.07, 6.45) is 2.53. The summed E-state index contributed by atoms with van der Waals surface area (Å²) < 4.78 is 4.50. The maximum absolute atomic E-state index is 10.9. The lowest BCUT2D eigenvalue weighted by atomic mass is 10.1. The second-order valence-corrected chi connectivity index (χ2v) is 3.95. The Labute approximate surface area is 84.8 Å². The monoisotopic (exact) mass is 201 g/mol. The topological polar surface area (TPSA) is 49.8 Å². The summed E-state index contributed by atoms with van der Waals surface area (Å²) in [5.74, 6) is -0.335. The average molecular weight is 201 g/mol. The molecule has 0 bridgehead atoms. The van der Waals surface area contributed by atoms with E-state index in [0.717, 1.165) is 13.0 Å². The zero-order valence-corrected chi connectivity index (χ0v) is 8.90. The lowest BCUT2D eigenvalue weighted by Gasteiger charge is -2.21. The third-order valence-corrected chi connectivity index (χ3v) is 2.85. The second-order valence-electron chi connectivity index (χ2n) is 3.95. The molecular weight excluding hydrogens is 182 g/mol. The molecule has 1 aliphatic heterocycles. The summed E-state index contributed by atoms with van der Waals surface area (Å²) in [4.78, 5) is 13.1. The number of aliphatic hydroxyl groups excluding tert-OH is 1. The molecule has 1 heterocycles. The molecule has 82 valence electrons. The van der Waals surface area contributed by atoms with E-state index in [0.29, 0.717) is 12.5 Å². The molecule has 1 fully saturated rings. The molecule has 0 spiro atoms. The Morgan fingerprint density at radius 1 is 1.71 bits per heavy atom. The van der Waals surface area contributed by atoms with E-state index in [4.69, 9.17) is 0 Å². The van der Waals surface area contributed by atoms with Gasteiger partial charge in [0.15, 0.2) is 0 Å². The Balaban J connectivity index is 2.25. The lowest BCUT2D eigenvalue weighted by molar-refractivity contribution is -0.143. The van der Waals surface area contributed by atoms with Crippen LogP contribution < -0.4 is 0 Å². The molecule has 0 aliphatic carbocycles. The average Bonchev–Trinajstić information content (AvgIpc) is 2.51. The van der Waals surface area contributed by atoms with Crippen molar-refractivity contribution in [1.82, 2.24) is 4.90 Å². The summed E-state index contributed by atoms with van der Waals surface area (Å²) in [6, 6.07) is 0.426. The highest BCUT2D eigenvalue weighted by atomic mass is 16.5. The maximum Gasteiger partial charge on any atom is 0.308 e. The number of ether oxygens (including phenoxy) is 1. The number of hydrogen-bond donors (Lipinski definition) is 1. The normalized spacial score (nSPS) is 24.9. The molecule has 4 heteroatoms. The molecule has 14 heavy (non-hydrogen) atoms. The van der Waals surface area contributed by atoms with Crippen LogP contribution in [0, 0.1) is 0 Å². The zero-order valence-electron chi connectivity index (χ0n) is 8.90. The second kappa shape index (κ2) is 5.32. The Morgan fingerprint density at radius 2 is 2.43 bits per heavy atom. The fourth-order valence-electron chi connectivity index (χ4n) is 1.95. The molecule has 0 saturated carbocycles. The van der Waals surface area contributed by atoms with Gasteiger partial charge in [-0.15, -0.1) is 0 Å². The van der Waals surface area contributed by atoms with Crippen LogP contribution in [0.2, 0.25) is 0 Å². The molecule has 0 amide bonds. The number of methoxy groups -OCH3 is 1. The van der Waals surface area contributed by atoms with Crippen molar-refractivity contribution in [2.45, 2.75) is 37.8 Å². The minimum absolute atomic E-state index is 0.112. The molecule has 1 unspecified atom stereocenters. The number of aliphatic hydroxyl groups is 1. The van der Waals surface area contributed by atoms with Crippen molar-refractivity contribution in [3.8, 4) is 0 Å². The fraction of sp³-hybridized carbons (Fsp3) is 0.900. The van der Waals surface area contributed by atoms with Crippen molar-refractivity contribution in [2.75, 3.05) is 20.7 Å². The first-order valence-electron chi connectivity index (χ1n) is 5.08. The van der Waals surface area contributed by atoms with Crippen molar-refractivity contribution in [3.05, 3.63) is 0 Å². The molecule has 0 aromatic heterocycles. The van der Waals surface area contributed by atoms with Crippen LogP contribution >= 0.6 is 0 Å². The summed E-state index contributed by atoms with van der Waals surface area (Å²) in [5, 5.41) is 9.60. The number of hydrogen-bond acceptors (Lipinski definition) is 4. The first-order chi connectivity index (χ1) is 6.63. The van der Waals surface area contributed by atoms with E-state index >= 15 is 0 Å². The van der Waals surface area contributed by atoms with E-state index in [1.54, 1.807) is 0 Å². The fourth-order valence-corrected chi connectivity index (χ4v) is 1.95. The predicted octanol–water partition coefficient (Wildman–Crippen LogP) is 0.395. The molecule has 1 N–H and O–H groups in total. The van der Waals surface area contributed by atoms with Crippen molar-refractivity contribution < 1.29 is 14.6 Å². The minimum Gasteiger partial charge on any atom is -0.469 e. The number of rotatable bonds is 4. The molecule has 0 aromatic rings. The van der Waals surface area contributed by atoms with Crippen LogP contribution in [0.1, 0.15) is 25.7 Å². The Hall–Kier alpha value is -0.610. The van der Waals surface area contributed by atoms with Crippen molar-refractivity contribution in [1.29, 1.82) is 0 Å². The number of likely N-dealkylation sites (tertiary alicyclic amines) is 1.